The normalized spacial score (nSPS) is 11.8. The van der Waals surface area contributed by atoms with Gasteiger partial charge in [-0.2, -0.15) is 5.26 Å². The minimum absolute atomic E-state index is 0.531. The van der Waals surface area contributed by atoms with Crippen LogP contribution in [0.1, 0.15) is 25.3 Å². The Kier molecular flexibility index (Phi) is 5.38. The molecule has 3 nitrogen and oxygen atoms in total. The fraction of sp³-hybridized carbons (Fsp3) is 0.462. The first kappa shape index (κ1) is 12.5. The van der Waals surface area contributed by atoms with Gasteiger partial charge < -0.3 is 9.84 Å². The largest absolute Gasteiger partial charge is 0.494 e. The summed E-state index contributed by atoms with van der Waals surface area (Å²) >= 11 is 0. The second-order valence-electron chi connectivity index (χ2n) is 3.61. The average molecular weight is 219 g/mol. The summed E-state index contributed by atoms with van der Waals surface area (Å²) in [6.45, 7) is 2.63. The number of hydrogen-bond donors (Lipinski definition) is 1. The number of hydrogen-bond acceptors (Lipinski definition) is 3. The van der Waals surface area contributed by atoms with Crippen molar-refractivity contribution >= 4 is 0 Å². The molecule has 0 bridgehead atoms. The lowest BCUT2D eigenvalue weighted by molar-refractivity contribution is 0.216. The van der Waals surface area contributed by atoms with Gasteiger partial charge in [-0.3, -0.25) is 0 Å². The number of nitriles is 1. The maximum absolute atomic E-state index is 9.07. The van der Waals surface area contributed by atoms with Crippen LogP contribution in [0, 0.1) is 11.3 Å². The highest BCUT2D eigenvalue weighted by Gasteiger charge is 2.01. The van der Waals surface area contributed by atoms with E-state index in [1.54, 1.807) is 0 Å². The monoisotopic (exact) mass is 219 g/mol. The fourth-order valence-corrected chi connectivity index (χ4v) is 1.48. The molecule has 0 saturated carbocycles. The Morgan fingerprint density at radius 2 is 2.06 bits per heavy atom. The van der Waals surface area contributed by atoms with E-state index in [1.807, 2.05) is 37.3 Å². The first-order valence-electron chi connectivity index (χ1n) is 5.55. The lowest BCUT2D eigenvalue weighted by Crippen LogP contribution is -2.02. The summed E-state index contributed by atoms with van der Waals surface area (Å²) < 4.78 is 5.34. The molecule has 16 heavy (non-hydrogen) atoms. The van der Waals surface area contributed by atoms with Crippen molar-refractivity contribution in [2.45, 2.75) is 32.3 Å². The van der Waals surface area contributed by atoms with Crippen molar-refractivity contribution in [3.8, 4) is 11.8 Å². The summed E-state index contributed by atoms with van der Waals surface area (Å²) in [5.41, 5.74) is 1.20. The Bertz CT molecular complexity index is 340. The molecule has 1 rings (SSSR count). The molecule has 0 heterocycles. The van der Waals surface area contributed by atoms with Gasteiger partial charge >= 0.3 is 0 Å². The predicted octanol–water partition coefficient (Wildman–Crippen LogP) is 2.29. The zero-order chi connectivity index (χ0) is 11.8. The molecule has 0 saturated heterocycles. The number of ether oxygens (including phenoxy) is 1. The molecule has 0 radical (unpaired) electrons. The average Bonchev–Trinajstić information content (AvgIpc) is 2.31. The molecule has 86 valence electrons. The molecule has 1 unspecified atom stereocenters. The van der Waals surface area contributed by atoms with Crippen molar-refractivity contribution in [1.29, 1.82) is 5.26 Å². The van der Waals surface area contributed by atoms with E-state index in [-0.39, 0.29) is 0 Å². The molecule has 0 amide bonds. The Hall–Kier alpha value is -1.53. The van der Waals surface area contributed by atoms with Gasteiger partial charge in [-0.1, -0.05) is 12.1 Å². The maximum Gasteiger partial charge on any atom is 0.140 e. The lowest BCUT2D eigenvalue weighted by atomic mass is 10.1. The molecule has 0 aliphatic heterocycles. The smallest absolute Gasteiger partial charge is 0.140 e. The van der Waals surface area contributed by atoms with Crippen molar-refractivity contribution in [1.82, 2.24) is 0 Å². The molecule has 3 heteroatoms. The fourth-order valence-electron chi connectivity index (χ4n) is 1.48. The van der Waals surface area contributed by atoms with Crippen molar-refractivity contribution in [3.63, 3.8) is 0 Å². The highest BCUT2D eigenvalue weighted by atomic mass is 16.5. The zero-order valence-corrected chi connectivity index (χ0v) is 9.52. The van der Waals surface area contributed by atoms with Gasteiger partial charge in [0.25, 0.3) is 0 Å². The van der Waals surface area contributed by atoms with Crippen molar-refractivity contribution in [2.75, 3.05) is 6.61 Å². The predicted molar refractivity (Wildman–Crippen MR) is 62.2 cm³/mol. The number of aliphatic hydroxyl groups excluding tert-OH is 1. The van der Waals surface area contributed by atoms with E-state index >= 15 is 0 Å². The van der Waals surface area contributed by atoms with Gasteiger partial charge in [-0.05, 0) is 43.9 Å². The van der Waals surface area contributed by atoms with Gasteiger partial charge in [0.1, 0.15) is 11.9 Å². The molecule has 1 N–H and O–H groups in total. The van der Waals surface area contributed by atoms with Gasteiger partial charge in [0.05, 0.1) is 12.7 Å². The molecule has 0 aliphatic carbocycles. The van der Waals surface area contributed by atoms with Crippen LogP contribution in [0.25, 0.3) is 0 Å². The van der Waals surface area contributed by atoms with E-state index in [1.165, 1.54) is 5.56 Å². The quantitative estimate of drug-likeness (QED) is 0.747. The highest BCUT2D eigenvalue weighted by molar-refractivity contribution is 5.27. The molecular weight excluding hydrogens is 202 g/mol. The minimum atomic E-state index is -0.831. The second kappa shape index (κ2) is 6.86. The minimum Gasteiger partial charge on any atom is -0.494 e. The van der Waals surface area contributed by atoms with Crippen LogP contribution in [0.5, 0.6) is 5.75 Å². The number of aryl methyl sites for hydroxylation is 1. The van der Waals surface area contributed by atoms with Crippen LogP contribution in [0.4, 0.5) is 0 Å². The first-order chi connectivity index (χ1) is 7.76. The van der Waals surface area contributed by atoms with Crippen LogP contribution < -0.4 is 4.74 Å². The summed E-state index contributed by atoms with van der Waals surface area (Å²) in [4.78, 5) is 0. The molecule has 0 fully saturated rings. The van der Waals surface area contributed by atoms with Gasteiger partial charge in [-0.25, -0.2) is 0 Å². The maximum atomic E-state index is 9.07. The zero-order valence-electron chi connectivity index (χ0n) is 9.52. The molecule has 0 spiro atoms. The van der Waals surface area contributed by atoms with E-state index in [4.69, 9.17) is 15.1 Å². The third kappa shape index (κ3) is 4.33. The molecule has 0 aromatic heterocycles. The molecule has 1 atom stereocenters. The first-order valence-corrected chi connectivity index (χ1v) is 5.55. The van der Waals surface area contributed by atoms with Crippen LogP contribution in [-0.4, -0.2) is 17.8 Å². The van der Waals surface area contributed by atoms with Crippen LogP contribution >= 0.6 is 0 Å². The van der Waals surface area contributed by atoms with Crippen LogP contribution in [0.3, 0.4) is 0 Å². The Balaban J connectivity index is 2.35. The van der Waals surface area contributed by atoms with E-state index in [9.17, 15) is 0 Å². The van der Waals surface area contributed by atoms with E-state index in [2.05, 4.69) is 0 Å². The van der Waals surface area contributed by atoms with Crippen molar-refractivity contribution in [3.05, 3.63) is 29.8 Å². The summed E-state index contributed by atoms with van der Waals surface area (Å²) in [6, 6.07) is 9.74. The van der Waals surface area contributed by atoms with Gasteiger partial charge in [0.15, 0.2) is 0 Å². The Labute approximate surface area is 96.3 Å². The second-order valence-corrected chi connectivity index (χ2v) is 3.61. The summed E-state index contributed by atoms with van der Waals surface area (Å²) in [7, 11) is 0. The molecule has 0 aliphatic rings. The molecule has 1 aromatic rings. The molecule has 1 aromatic carbocycles. The SMILES string of the molecule is CCOc1ccc(CCCC(O)C#N)cc1. The lowest BCUT2D eigenvalue weighted by Gasteiger charge is -2.05. The van der Waals surface area contributed by atoms with Crippen LogP contribution in [0.15, 0.2) is 24.3 Å². The third-order valence-corrected chi connectivity index (χ3v) is 2.33. The van der Waals surface area contributed by atoms with Crippen LogP contribution in [-0.2, 0) is 6.42 Å². The summed E-state index contributed by atoms with van der Waals surface area (Å²) in [6.07, 6.45) is 1.40. The van der Waals surface area contributed by atoms with Gasteiger partial charge in [-0.15, -0.1) is 0 Å². The highest BCUT2D eigenvalue weighted by Crippen LogP contribution is 2.14. The summed E-state index contributed by atoms with van der Waals surface area (Å²) in [5.74, 6) is 0.878. The van der Waals surface area contributed by atoms with Crippen molar-refractivity contribution in [2.24, 2.45) is 0 Å². The number of nitrogens with zero attached hydrogens (tertiary/aromatic N) is 1. The number of rotatable bonds is 6. The van der Waals surface area contributed by atoms with Crippen molar-refractivity contribution < 1.29 is 9.84 Å². The van der Waals surface area contributed by atoms with E-state index in [0.717, 1.165) is 18.6 Å². The topological polar surface area (TPSA) is 53.2 Å². The van der Waals surface area contributed by atoms with Gasteiger partial charge in [0.2, 0.25) is 0 Å². The number of benzene rings is 1. The molecular formula is C13H17NO2. The Morgan fingerprint density at radius 1 is 1.38 bits per heavy atom. The standard InChI is InChI=1S/C13H17NO2/c1-2-16-13-8-6-11(7-9-13)4-3-5-12(15)10-14/h6-9,12,15H,2-5H2,1H3. The Morgan fingerprint density at radius 3 is 2.62 bits per heavy atom. The van der Waals surface area contributed by atoms with Crippen LogP contribution in [0.2, 0.25) is 0 Å². The third-order valence-electron chi connectivity index (χ3n) is 2.33. The van der Waals surface area contributed by atoms with E-state index < -0.39 is 6.10 Å². The van der Waals surface area contributed by atoms with Gasteiger partial charge in [0, 0.05) is 0 Å². The van der Waals surface area contributed by atoms with E-state index in [0.29, 0.717) is 13.0 Å². The summed E-state index contributed by atoms with van der Waals surface area (Å²) in [5, 5.41) is 17.5. The number of aliphatic hydroxyl groups is 1.